The van der Waals surface area contributed by atoms with Crippen LogP contribution in [0.15, 0.2) is 24.3 Å². The average molecular weight is 320 g/mol. The maximum Gasteiger partial charge on any atom is 0.251 e. The van der Waals surface area contributed by atoms with Crippen molar-refractivity contribution in [1.82, 2.24) is 10.6 Å². The van der Waals surface area contributed by atoms with E-state index in [1.54, 1.807) is 0 Å². The SMILES string of the molecule is O=C(CCC1CCCCC1)NCCNC(=O)c1ccc(F)cc1. The van der Waals surface area contributed by atoms with Crippen LogP contribution in [-0.4, -0.2) is 24.9 Å². The number of amides is 2. The van der Waals surface area contributed by atoms with Gasteiger partial charge >= 0.3 is 0 Å². The van der Waals surface area contributed by atoms with Gasteiger partial charge in [0.1, 0.15) is 5.82 Å². The molecule has 4 nitrogen and oxygen atoms in total. The van der Waals surface area contributed by atoms with Crippen LogP contribution < -0.4 is 10.6 Å². The van der Waals surface area contributed by atoms with Gasteiger partial charge in [-0.3, -0.25) is 9.59 Å². The van der Waals surface area contributed by atoms with Crippen LogP contribution in [-0.2, 0) is 4.79 Å². The van der Waals surface area contributed by atoms with E-state index < -0.39 is 0 Å². The van der Waals surface area contributed by atoms with Crippen LogP contribution in [0.5, 0.6) is 0 Å². The van der Waals surface area contributed by atoms with E-state index in [2.05, 4.69) is 10.6 Å². The van der Waals surface area contributed by atoms with Crippen LogP contribution in [0.25, 0.3) is 0 Å². The Kier molecular flexibility index (Phi) is 7.04. The maximum atomic E-state index is 12.8. The van der Waals surface area contributed by atoms with Crippen LogP contribution in [0.2, 0.25) is 0 Å². The van der Waals surface area contributed by atoms with Crippen LogP contribution in [0.1, 0.15) is 55.3 Å². The summed E-state index contributed by atoms with van der Waals surface area (Å²) in [6.07, 6.45) is 7.95. The molecule has 1 aliphatic rings. The monoisotopic (exact) mass is 320 g/mol. The molecule has 23 heavy (non-hydrogen) atoms. The zero-order valence-corrected chi connectivity index (χ0v) is 13.4. The number of benzene rings is 1. The highest BCUT2D eigenvalue weighted by Gasteiger charge is 2.14. The first-order valence-corrected chi connectivity index (χ1v) is 8.45. The van der Waals surface area contributed by atoms with Gasteiger partial charge in [-0.1, -0.05) is 32.1 Å². The Morgan fingerprint density at radius 2 is 1.65 bits per heavy atom. The van der Waals surface area contributed by atoms with Crippen LogP contribution in [0.4, 0.5) is 4.39 Å². The van der Waals surface area contributed by atoms with Gasteiger partial charge in [0.2, 0.25) is 5.91 Å². The first kappa shape index (κ1) is 17.4. The van der Waals surface area contributed by atoms with E-state index in [1.165, 1.54) is 56.4 Å². The molecular weight excluding hydrogens is 295 g/mol. The van der Waals surface area contributed by atoms with E-state index >= 15 is 0 Å². The summed E-state index contributed by atoms with van der Waals surface area (Å²) < 4.78 is 12.8. The van der Waals surface area contributed by atoms with E-state index in [0.717, 1.165) is 6.42 Å². The molecule has 2 rings (SSSR count). The first-order chi connectivity index (χ1) is 11.1. The van der Waals surface area contributed by atoms with Gasteiger partial charge in [-0.2, -0.15) is 0 Å². The minimum Gasteiger partial charge on any atom is -0.354 e. The Balaban J connectivity index is 1.56. The molecule has 1 aromatic carbocycles. The number of carbonyl (C=O) groups excluding carboxylic acids is 2. The van der Waals surface area contributed by atoms with Crippen molar-refractivity contribution in [2.24, 2.45) is 5.92 Å². The molecule has 2 amide bonds. The number of hydrogen-bond acceptors (Lipinski definition) is 2. The van der Waals surface area contributed by atoms with Crippen molar-refractivity contribution < 1.29 is 14.0 Å². The molecule has 0 unspecified atom stereocenters. The van der Waals surface area contributed by atoms with Crippen molar-refractivity contribution in [3.05, 3.63) is 35.6 Å². The van der Waals surface area contributed by atoms with Gasteiger partial charge < -0.3 is 10.6 Å². The lowest BCUT2D eigenvalue weighted by molar-refractivity contribution is -0.121. The van der Waals surface area contributed by atoms with E-state index in [-0.39, 0.29) is 17.6 Å². The van der Waals surface area contributed by atoms with Gasteiger partial charge in [-0.15, -0.1) is 0 Å². The molecule has 126 valence electrons. The molecule has 0 aliphatic heterocycles. The summed E-state index contributed by atoms with van der Waals surface area (Å²) in [5, 5.41) is 5.53. The van der Waals surface area contributed by atoms with Crippen molar-refractivity contribution in [2.75, 3.05) is 13.1 Å². The van der Waals surface area contributed by atoms with Gasteiger partial charge in [0.05, 0.1) is 0 Å². The fourth-order valence-electron chi connectivity index (χ4n) is 2.98. The third-order valence-electron chi connectivity index (χ3n) is 4.34. The van der Waals surface area contributed by atoms with Crippen molar-refractivity contribution in [2.45, 2.75) is 44.9 Å². The fraction of sp³-hybridized carbons (Fsp3) is 0.556. The number of rotatable bonds is 7. The molecule has 0 spiro atoms. The Bertz CT molecular complexity index is 510. The number of halogens is 1. The molecule has 5 heteroatoms. The van der Waals surface area contributed by atoms with Crippen molar-refractivity contribution >= 4 is 11.8 Å². The molecule has 0 radical (unpaired) electrons. The predicted molar refractivity (Wildman–Crippen MR) is 87.6 cm³/mol. The summed E-state index contributed by atoms with van der Waals surface area (Å²) in [5.74, 6) is 0.118. The highest BCUT2D eigenvalue weighted by atomic mass is 19.1. The normalized spacial score (nSPS) is 15.2. The van der Waals surface area contributed by atoms with Crippen LogP contribution >= 0.6 is 0 Å². The molecular formula is C18H25FN2O2. The second-order valence-corrected chi connectivity index (χ2v) is 6.16. The number of carbonyl (C=O) groups is 2. The lowest BCUT2D eigenvalue weighted by atomic mass is 9.86. The third-order valence-corrected chi connectivity index (χ3v) is 4.34. The zero-order chi connectivity index (χ0) is 16.5. The summed E-state index contributed by atoms with van der Waals surface area (Å²) >= 11 is 0. The molecule has 2 N–H and O–H groups in total. The Labute approximate surface area is 136 Å². The molecule has 1 aromatic rings. The van der Waals surface area contributed by atoms with Crippen LogP contribution in [0.3, 0.4) is 0 Å². The molecule has 1 aliphatic carbocycles. The summed E-state index contributed by atoms with van der Waals surface area (Å²) in [7, 11) is 0. The minimum absolute atomic E-state index is 0.0478. The van der Waals surface area contributed by atoms with E-state index in [9.17, 15) is 14.0 Å². The van der Waals surface area contributed by atoms with Gasteiger partial charge in [-0.25, -0.2) is 4.39 Å². The summed E-state index contributed by atoms with van der Waals surface area (Å²) in [6, 6.07) is 5.38. The minimum atomic E-state index is -0.369. The first-order valence-electron chi connectivity index (χ1n) is 8.45. The van der Waals surface area contributed by atoms with E-state index in [1.807, 2.05) is 0 Å². The smallest absolute Gasteiger partial charge is 0.251 e. The highest BCUT2D eigenvalue weighted by molar-refractivity contribution is 5.94. The highest BCUT2D eigenvalue weighted by Crippen LogP contribution is 2.27. The molecule has 1 fully saturated rings. The van der Waals surface area contributed by atoms with Gasteiger partial charge in [0.25, 0.3) is 5.91 Å². The Morgan fingerprint density at radius 3 is 2.35 bits per heavy atom. The topological polar surface area (TPSA) is 58.2 Å². The Hall–Kier alpha value is -1.91. The lowest BCUT2D eigenvalue weighted by Crippen LogP contribution is -2.34. The average Bonchev–Trinajstić information content (AvgIpc) is 2.58. The van der Waals surface area contributed by atoms with E-state index in [4.69, 9.17) is 0 Å². The van der Waals surface area contributed by atoms with Crippen LogP contribution in [0, 0.1) is 11.7 Å². The third kappa shape index (κ3) is 6.38. The molecule has 0 aromatic heterocycles. The molecule has 0 bridgehead atoms. The van der Waals surface area contributed by atoms with E-state index in [0.29, 0.717) is 31.0 Å². The number of nitrogens with one attached hydrogen (secondary N) is 2. The van der Waals surface area contributed by atoms with Gasteiger partial charge in [-0.05, 0) is 36.6 Å². The molecule has 0 saturated heterocycles. The van der Waals surface area contributed by atoms with Gasteiger partial charge in [0, 0.05) is 25.1 Å². The summed E-state index contributed by atoms with van der Waals surface area (Å²) in [5.41, 5.74) is 0.412. The second kappa shape index (κ2) is 9.28. The summed E-state index contributed by atoms with van der Waals surface area (Å²) in [6.45, 7) is 0.780. The maximum absolute atomic E-state index is 12.8. The second-order valence-electron chi connectivity index (χ2n) is 6.16. The number of hydrogen-bond donors (Lipinski definition) is 2. The van der Waals surface area contributed by atoms with Gasteiger partial charge in [0.15, 0.2) is 0 Å². The lowest BCUT2D eigenvalue weighted by Gasteiger charge is -2.20. The molecule has 0 atom stereocenters. The largest absolute Gasteiger partial charge is 0.354 e. The van der Waals surface area contributed by atoms with Crippen molar-refractivity contribution in [3.8, 4) is 0 Å². The Morgan fingerprint density at radius 1 is 1.00 bits per heavy atom. The molecule has 1 saturated carbocycles. The zero-order valence-electron chi connectivity index (χ0n) is 13.4. The quantitative estimate of drug-likeness (QED) is 0.759. The van der Waals surface area contributed by atoms with Crippen molar-refractivity contribution in [1.29, 1.82) is 0 Å². The molecule has 0 heterocycles. The standard InChI is InChI=1S/C18H25FN2O2/c19-16-9-7-15(8-10-16)18(23)21-13-12-20-17(22)11-6-14-4-2-1-3-5-14/h7-10,14H,1-6,11-13H2,(H,20,22)(H,21,23). The fourth-order valence-corrected chi connectivity index (χ4v) is 2.98. The summed E-state index contributed by atoms with van der Waals surface area (Å²) in [4.78, 5) is 23.6. The predicted octanol–water partition coefficient (Wildman–Crippen LogP) is 3.03. The van der Waals surface area contributed by atoms with Crippen molar-refractivity contribution in [3.63, 3.8) is 0 Å².